The lowest BCUT2D eigenvalue weighted by atomic mass is 10.1. The van der Waals surface area contributed by atoms with E-state index < -0.39 is 0 Å². The van der Waals surface area contributed by atoms with E-state index in [0.717, 1.165) is 41.6 Å². The fourth-order valence-electron chi connectivity index (χ4n) is 3.48. The predicted octanol–water partition coefficient (Wildman–Crippen LogP) is 3.74. The second-order valence-electron chi connectivity index (χ2n) is 6.84. The Balaban J connectivity index is 1.38. The van der Waals surface area contributed by atoms with Gasteiger partial charge in [-0.2, -0.15) is 9.61 Å². The van der Waals surface area contributed by atoms with Crippen molar-refractivity contribution in [3.8, 4) is 0 Å². The molecule has 4 rings (SSSR count). The molecule has 0 saturated carbocycles. The molecule has 0 amide bonds. The Morgan fingerprint density at radius 2 is 1.72 bits per heavy atom. The predicted molar refractivity (Wildman–Crippen MR) is 101 cm³/mol. The van der Waals surface area contributed by atoms with Crippen LogP contribution in [0.25, 0.3) is 4.96 Å². The summed E-state index contributed by atoms with van der Waals surface area (Å²) in [4.78, 5) is 3.43. The Bertz CT molecular complexity index is 787. The molecule has 1 aromatic carbocycles. The summed E-state index contributed by atoms with van der Waals surface area (Å²) in [5.41, 5.74) is 1.40. The fourth-order valence-corrected chi connectivity index (χ4v) is 4.37. The van der Waals surface area contributed by atoms with E-state index in [1.807, 2.05) is 4.52 Å². The van der Waals surface area contributed by atoms with E-state index in [1.165, 1.54) is 44.3 Å². The number of hydrogen-bond acceptors (Lipinski definition) is 5. The van der Waals surface area contributed by atoms with Crippen molar-refractivity contribution in [3.05, 3.63) is 46.7 Å². The van der Waals surface area contributed by atoms with Gasteiger partial charge in [0.15, 0.2) is 5.82 Å². The number of nitrogens with zero attached hydrogens (tertiary/aromatic N) is 5. The summed E-state index contributed by atoms with van der Waals surface area (Å²) in [6.07, 6.45) is 8.53. The number of benzene rings is 1. The Morgan fingerprint density at radius 1 is 0.920 bits per heavy atom. The Labute approximate surface area is 152 Å². The van der Waals surface area contributed by atoms with Crippen molar-refractivity contribution in [1.29, 1.82) is 0 Å². The molecule has 6 heteroatoms. The van der Waals surface area contributed by atoms with Gasteiger partial charge in [0, 0.05) is 6.42 Å². The van der Waals surface area contributed by atoms with Gasteiger partial charge >= 0.3 is 0 Å². The summed E-state index contributed by atoms with van der Waals surface area (Å²) < 4.78 is 1.97. The van der Waals surface area contributed by atoms with Crippen molar-refractivity contribution in [2.45, 2.75) is 51.5 Å². The number of likely N-dealkylation sites (tertiary alicyclic amines) is 1. The molecule has 5 nitrogen and oxygen atoms in total. The van der Waals surface area contributed by atoms with Crippen LogP contribution in [0.2, 0.25) is 0 Å². The SMILES string of the molecule is c1ccc(CCCc2nn3c(CN4CCCCCC4)nnc3s2)cc1. The quantitative estimate of drug-likeness (QED) is 0.676. The first kappa shape index (κ1) is 16.7. The smallest absolute Gasteiger partial charge is 0.234 e. The maximum absolute atomic E-state index is 4.78. The fraction of sp³-hybridized carbons (Fsp3) is 0.526. The van der Waals surface area contributed by atoms with Crippen LogP contribution >= 0.6 is 11.3 Å². The van der Waals surface area contributed by atoms with Crippen LogP contribution in [0, 0.1) is 0 Å². The molecule has 25 heavy (non-hydrogen) atoms. The number of hydrogen-bond donors (Lipinski definition) is 0. The van der Waals surface area contributed by atoms with E-state index in [9.17, 15) is 0 Å². The van der Waals surface area contributed by atoms with Crippen LogP contribution in [-0.2, 0) is 19.4 Å². The molecule has 0 bridgehead atoms. The molecule has 0 unspecified atom stereocenters. The van der Waals surface area contributed by atoms with Gasteiger partial charge in [-0.1, -0.05) is 54.5 Å². The van der Waals surface area contributed by atoms with E-state index in [1.54, 1.807) is 11.3 Å². The molecule has 1 aliphatic heterocycles. The van der Waals surface area contributed by atoms with Crippen LogP contribution in [0.1, 0.15) is 48.5 Å². The number of rotatable bonds is 6. The van der Waals surface area contributed by atoms with E-state index in [-0.39, 0.29) is 0 Å². The molecular formula is C19H25N5S. The van der Waals surface area contributed by atoms with Gasteiger partial charge in [0.1, 0.15) is 5.01 Å². The highest BCUT2D eigenvalue weighted by Crippen LogP contribution is 2.18. The zero-order chi connectivity index (χ0) is 16.9. The van der Waals surface area contributed by atoms with E-state index in [2.05, 4.69) is 45.4 Å². The first-order valence-electron chi connectivity index (χ1n) is 9.35. The van der Waals surface area contributed by atoms with Gasteiger partial charge in [0.2, 0.25) is 4.96 Å². The summed E-state index contributed by atoms with van der Waals surface area (Å²) in [6, 6.07) is 10.7. The maximum Gasteiger partial charge on any atom is 0.234 e. The maximum atomic E-state index is 4.78. The molecule has 132 valence electrons. The minimum Gasteiger partial charge on any atom is -0.296 e. The Hall–Kier alpha value is -1.79. The van der Waals surface area contributed by atoms with Gasteiger partial charge in [-0.3, -0.25) is 4.90 Å². The van der Waals surface area contributed by atoms with Crippen molar-refractivity contribution >= 4 is 16.3 Å². The Kier molecular flexibility index (Phi) is 5.37. The molecule has 3 heterocycles. The lowest BCUT2D eigenvalue weighted by Crippen LogP contribution is -2.25. The second-order valence-corrected chi connectivity index (χ2v) is 7.88. The number of fused-ring (bicyclic) bond motifs is 1. The minimum atomic E-state index is 0.869. The summed E-state index contributed by atoms with van der Waals surface area (Å²) in [5.74, 6) is 0.988. The lowest BCUT2D eigenvalue weighted by molar-refractivity contribution is 0.268. The van der Waals surface area contributed by atoms with Crippen molar-refractivity contribution in [2.75, 3.05) is 13.1 Å². The molecule has 2 aromatic heterocycles. The molecular weight excluding hydrogens is 330 g/mol. The van der Waals surface area contributed by atoms with Gasteiger partial charge in [-0.15, -0.1) is 10.2 Å². The number of aromatic nitrogens is 4. The van der Waals surface area contributed by atoms with Crippen LogP contribution in [-0.4, -0.2) is 37.8 Å². The summed E-state index contributed by atoms with van der Waals surface area (Å²) in [5, 5.41) is 14.6. The van der Waals surface area contributed by atoms with Crippen molar-refractivity contribution in [1.82, 2.24) is 24.7 Å². The average molecular weight is 356 g/mol. The third kappa shape index (κ3) is 4.25. The average Bonchev–Trinajstić information content (AvgIpc) is 3.08. The van der Waals surface area contributed by atoms with Gasteiger partial charge in [-0.25, -0.2) is 0 Å². The highest BCUT2D eigenvalue weighted by atomic mass is 32.1. The van der Waals surface area contributed by atoms with Crippen molar-refractivity contribution in [3.63, 3.8) is 0 Å². The normalized spacial score (nSPS) is 16.3. The van der Waals surface area contributed by atoms with Gasteiger partial charge in [0.25, 0.3) is 0 Å². The standard InChI is InChI=1S/C19H25N5S/c1-2-7-14-23(13-6-1)15-17-20-21-19-24(17)22-18(25-19)12-8-11-16-9-4-3-5-10-16/h3-5,9-10H,1-2,6-8,11-15H2. The zero-order valence-corrected chi connectivity index (χ0v) is 15.4. The first-order chi connectivity index (χ1) is 12.4. The van der Waals surface area contributed by atoms with Gasteiger partial charge in [-0.05, 0) is 44.3 Å². The molecule has 0 atom stereocenters. The summed E-state index contributed by atoms with van der Waals surface area (Å²) >= 11 is 1.68. The van der Waals surface area contributed by atoms with E-state index in [0.29, 0.717) is 0 Å². The van der Waals surface area contributed by atoms with Crippen LogP contribution in [0.15, 0.2) is 30.3 Å². The zero-order valence-electron chi connectivity index (χ0n) is 14.6. The highest BCUT2D eigenvalue weighted by molar-refractivity contribution is 7.16. The molecule has 1 aliphatic rings. The third-order valence-electron chi connectivity index (χ3n) is 4.86. The molecule has 3 aromatic rings. The van der Waals surface area contributed by atoms with Gasteiger partial charge < -0.3 is 0 Å². The minimum absolute atomic E-state index is 0.869. The third-order valence-corrected chi connectivity index (χ3v) is 5.82. The second kappa shape index (κ2) is 8.06. The van der Waals surface area contributed by atoms with Gasteiger partial charge in [0.05, 0.1) is 6.54 Å². The highest BCUT2D eigenvalue weighted by Gasteiger charge is 2.16. The lowest BCUT2D eigenvalue weighted by Gasteiger charge is -2.17. The molecule has 1 fully saturated rings. The Morgan fingerprint density at radius 3 is 2.52 bits per heavy atom. The molecule has 0 N–H and O–H groups in total. The first-order valence-corrected chi connectivity index (χ1v) is 10.2. The largest absolute Gasteiger partial charge is 0.296 e. The van der Waals surface area contributed by atoms with Crippen LogP contribution in [0.5, 0.6) is 0 Å². The van der Waals surface area contributed by atoms with Crippen LogP contribution < -0.4 is 0 Å². The number of aryl methyl sites for hydroxylation is 2. The summed E-state index contributed by atoms with van der Waals surface area (Å²) in [6.45, 7) is 3.21. The van der Waals surface area contributed by atoms with Crippen molar-refractivity contribution in [2.24, 2.45) is 0 Å². The summed E-state index contributed by atoms with van der Waals surface area (Å²) in [7, 11) is 0. The molecule has 0 spiro atoms. The molecule has 0 aliphatic carbocycles. The molecule has 1 saturated heterocycles. The van der Waals surface area contributed by atoms with Crippen LogP contribution in [0.4, 0.5) is 0 Å². The van der Waals surface area contributed by atoms with Crippen LogP contribution in [0.3, 0.4) is 0 Å². The molecule has 0 radical (unpaired) electrons. The van der Waals surface area contributed by atoms with E-state index in [4.69, 9.17) is 5.10 Å². The monoisotopic (exact) mass is 355 g/mol. The topological polar surface area (TPSA) is 46.3 Å². The van der Waals surface area contributed by atoms with Crippen molar-refractivity contribution < 1.29 is 0 Å². The van der Waals surface area contributed by atoms with E-state index >= 15 is 0 Å².